The minimum Gasteiger partial charge on any atom is -0.507 e. The van der Waals surface area contributed by atoms with Crippen molar-refractivity contribution in [3.63, 3.8) is 0 Å². The summed E-state index contributed by atoms with van der Waals surface area (Å²) in [5, 5.41) is 20.4. The zero-order chi connectivity index (χ0) is 29.7. The number of aromatic hydroxyl groups is 1. The van der Waals surface area contributed by atoms with E-state index < -0.39 is 41.5 Å². The van der Waals surface area contributed by atoms with Gasteiger partial charge < -0.3 is 14.9 Å². The SMILES string of the molecule is CC1=CC(=O)C2=C(C[C@@H]3C(=CC[C@@H]4C(=O)N(CCC(=O)O)C(=O)[C@@H]43)[C@@H]2c2ccc(OCc3ccccc3)cc2O)C1=O. The van der Waals surface area contributed by atoms with E-state index in [0.717, 1.165) is 10.5 Å². The van der Waals surface area contributed by atoms with Crippen LogP contribution in [-0.2, 0) is 30.6 Å². The number of allylic oxidation sites excluding steroid dienone is 6. The fourth-order valence-corrected chi connectivity index (χ4v) is 6.83. The van der Waals surface area contributed by atoms with Gasteiger partial charge in [0, 0.05) is 40.8 Å². The summed E-state index contributed by atoms with van der Waals surface area (Å²) >= 11 is 0. The summed E-state index contributed by atoms with van der Waals surface area (Å²) < 4.78 is 5.87. The molecule has 0 aromatic heterocycles. The lowest BCUT2D eigenvalue weighted by Gasteiger charge is -2.42. The molecule has 2 aromatic rings. The number of rotatable bonds is 7. The number of imide groups is 1. The Morgan fingerprint density at radius 2 is 1.79 bits per heavy atom. The summed E-state index contributed by atoms with van der Waals surface area (Å²) in [5.74, 6) is -5.11. The van der Waals surface area contributed by atoms with Crippen molar-refractivity contribution in [2.45, 2.75) is 38.7 Å². The van der Waals surface area contributed by atoms with Crippen molar-refractivity contribution >= 4 is 29.4 Å². The molecular weight excluding hydrogens is 538 g/mol. The third-order valence-electron chi connectivity index (χ3n) is 8.76. The number of carbonyl (C=O) groups is 5. The van der Waals surface area contributed by atoms with Gasteiger partial charge in [-0.1, -0.05) is 48.0 Å². The predicted molar refractivity (Wildman–Crippen MR) is 149 cm³/mol. The van der Waals surface area contributed by atoms with E-state index >= 15 is 0 Å². The van der Waals surface area contributed by atoms with Gasteiger partial charge in [0.2, 0.25) is 11.8 Å². The molecule has 2 aromatic carbocycles. The Balaban J connectivity index is 1.38. The van der Waals surface area contributed by atoms with Crippen LogP contribution in [0.3, 0.4) is 0 Å². The molecular formula is C33H29NO8. The van der Waals surface area contributed by atoms with Gasteiger partial charge in [0.05, 0.1) is 18.3 Å². The molecule has 1 aliphatic heterocycles. The lowest BCUT2D eigenvalue weighted by Crippen LogP contribution is -2.40. The Kier molecular flexibility index (Phi) is 6.88. The number of amides is 2. The molecule has 0 spiro atoms. The topological polar surface area (TPSA) is 138 Å². The monoisotopic (exact) mass is 567 g/mol. The maximum Gasteiger partial charge on any atom is 0.305 e. The average Bonchev–Trinajstić information content (AvgIpc) is 3.22. The molecule has 1 fully saturated rings. The van der Waals surface area contributed by atoms with Gasteiger partial charge in [0.25, 0.3) is 0 Å². The van der Waals surface area contributed by atoms with Crippen LogP contribution in [-0.4, -0.2) is 51.0 Å². The number of ketones is 2. The molecule has 4 aliphatic rings. The molecule has 2 N–H and O–H groups in total. The van der Waals surface area contributed by atoms with Crippen molar-refractivity contribution in [3.8, 4) is 11.5 Å². The number of fused-ring (bicyclic) bond motifs is 3. The minimum absolute atomic E-state index is 0.111. The van der Waals surface area contributed by atoms with E-state index in [1.807, 2.05) is 36.4 Å². The highest BCUT2D eigenvalue weighted by Crippen LogP contribution is 2.56. The second kappa shape index (κ2) is 10.6. The zero-order valence-electron chi connectivity index (χ0n) is 22.9. The number of ether oxygens (including phenoxy) is 1. The summed E-state index contributed by atoms with van der Waals surface area (Å²) in [5.41, 5.74) is 2.92. The number of benzene rings is 2. The maximum absolute atomic E-state index is 13.6. The van der Waals surface area contributed by atoms with Crippen LogP contribution in [0.5, 0.6) is 11.5 Å². The molecule has 6 rings (SSSR count). The molecule has 0 radical (unpaired) electrons. The Morgan fingerprint density at radius 3 is 2.50 bits per heavy atom. The number of hydrogen-bond acceptors (Lipinski definition) is 7. The van der Waals surface area contributed by atoms with Gasteiger partial charge in [-0.3, -0.25) is 28.9 Å². The quantitative estimate of drug-likeness (QED) is 0.292. The van der Waals surface area contributed by atoms with E-state index in [9.17, 15) is 29.1 Å². The van der Waals surface area contributed by atoms with Gasteiger partial charge in [-0.05, 0) is 43.4 Å². The third kappa shape index (κ3) is 4.55. The molecule has 4 atom stereocenters. The van der Waals surface area contributed by atoms with Crippen molar-refractivity contribution in [1.29, 1.82) is 0 Å². The highest BCUT2D eigenvalue weighted by atomic mass is 16.5. The molecule has 1 saturated heterocycles. The van der Waals surface area contributed by atoms with E-state index in [4.69, 9.17) is 9.84 Å². The van der Waals surface area contributed by atoms with Crippen molar-refractivity contribution in [1.82, 2.24) is 4.90 Å². The van der Waals surface area contributed by atoms with Crippen LogP contribution in [0.2, 0.25) is 0 Å². The Morgan fingerprint density at radius 1 is 1.02 bits per heavy atom. The number of Topliss-reactive ketones (excluding diaryl/α,β-unsaturated/α-hetero) is 1. The number of aliphatic carboxylic acids is 1. The maximum atomic E-state index is 13.6. The van der Waals surface area contributed by atoms with E-state index in [2.05, 4.69) is 0 Å². The number of likely N-dealkylation sites (tertiary alicyclic amines) is 1. The zero-order valence-corrected chi connectivity index (χ0v) is 22.9. The highest BCUT2D eigenvalue weighted by molar-refractivity contribution is 6.23. The molecule has 0 saturated carbocycles. The summed E-state index contributed by atoms with van der Waals surface area (Å²) in [6.45, 7) is 1.65. The van der Waals surface area contributed by atoms with Gasteiger partial charge in [0.15, 0.2) is 11.6 Å². The standard InChI is InChI=1S/C33H29NO8/c1-17-13-26(36)30-24(31(17)39)15-23-20(9-10-22-29(23)33(41)34(32(22)40)12-11-27(37)38)28(30)21-8-7-19(14-25(21)35)42-16-18-5-3-2-4-6-18/h2-9,13-14,22-23,28-29,35H,10-12,15-16H2,1H3,(H,37,38)/t22-,23+,28+,29-/m0/s1. The molecule has 2 amide bonds. The van der Waals surface area contributed by atoms with Crippen LogP contribution in [0.4, 0.5) is 0 Å². The first-order valence-corrected chi connectivity index (χ1v) is 13.9. The third-order valence-corrected chi connectivity index (χ3v) is 8.76. The number of carboxylic acids is 1. The summed E-state index contributed by atoms with van der Waals surface area (Å²) in [4.78, 5) is 65.7. The van der Waals surface area contributed by atoms with Crippen LogP contribution in [0.15, 0.2) is 83.0 Å². The lowest BCUT2D eigenvalue weighted by molar-refractivity contribution is -0.142. The summed E-state index contributed by atoms with van der Waals surface area (Å²) in [7, 11) is 0. The number of carboxylic acid groups (broad SMARTS) is 1. The van der Waals surface area contributed by atoms with Gasteiger partial charge in [-0.25, -0.2) is 0 Å². The molecule has 9 nitrogen and oxygen atoms in total. The molecule has 214 valence electrons. The predicted octanol–water partition coefficient (Wildman–Crippen LogP) is 3.88. The fraction of sp³-hybridized carbons (Fsp3) is 0.303. The van der Waals surface area contributed by atoms with Crippen LogP contribution < -0.4 is 4.74 Å². The number of phenolic OH excluding ortho intramolecular Hbond substituents is 1. The van der Waals surface area contributed by atoms with Crippen LogP contribution in [0.1, 0.15) is 43.2 Å². The fourth-order valence-electron chi connectivity index (χ4n) is 6.83. The Labute approximate surface area is 241 Å². The van der Waals surface area contributed by atoms with Crippen molar-refractivity contribution < 1.29 is 38.9 Å². The van der Waals surface area contributed by atoms with Crippen molar-refractivity contribution in [3.05, 3.63) is 94.1 Å². The number of nitrogens with zero attached hydrogens (tertiary/aromatic N) is 1. The highest BCUT2D eigenvalue weighted by Gasteiger charge is 2.56. The van der Waals surface area contributed by atoms with E-state index in [1.54, 1.807) is 19.1 Å². The molecule has 3 aliphatic carbocycles. The number of phenols is 1. The minimum atomic E-state index is -1.11. The van der Waals surface area contributed by atoms with Gasteiger partial charge >= 0.3 is 5.97 Å². The van der Waals surface area contributed by atoms with Crippen LogP contribution in [0.25, 0.3) is 0 Å². The first kappa shape index (κ1) is 27.4. The average molecular weight is 568 g/mol. The molecule has 9 heteroatoms. The summed E-state index contributed by atoms with van der Waals surface area (Å²) in [6, 6.07) is 14.4. The van der Waals surface area contributed by atoms with E-state index in [-0.39, 0.29) is 48.7 Å². The number of carbonyl (C=O) groups excluding carboxylic acids is 4. The first-order valence-electron chi connectivity index (χ1n) is 13.9. The molecule has 42 heavy (non-hydrogen) atoms. The Bertz CT molecular complexity index is 1630. The van der Waals surface area contributed by atoms with Crippen LogP contribution in [0, 0.1) is 17.8 Å². The Hall–Kier alpha value is -4.79. The van der Waals surface area contributed by atoms with Gasteiger partial charge in [0.1, 0.15) is 18.1 Å². The van der Waals surface area contributed by atoms with Gasteiger partial charge in [-0.2, -0.15) is 0 Å². The second-order valence-corrected chi connectivity index (χ2v) is 11.2. The van der Waals surface area contributed by atoms with Gasteiger partial charge in [-0.15, -0.1) is 0 Å². The number of hydrogen-bond donors (Lipinski definition) is 2. The van der Waals surface area contributed by atoms with E-state index in [0.29, 0.717) is 34.6 Å². The van der Waals surface area contributed by atoms with Crippen LogP contribution >= 0.6 is 0 Å². The molecule has 0 unspecified atom stereocenters. The lowest BCUT2D eigenvalue weighted by atomic mass is 9.59. The molecule has 1 heterocycles. The first-order chi connectivity index (χ1) is 20.2. The summed E-state index contributed by atoms with van der Waals surface area (Å²) in [6.07, 6.45) is 3.16. The van der Waals surface area contributed by atoms with E-state index in [1.165, 1.54) is 12.1 Å². The second-order valence-electron chi connectivity index (χ2n) is 11.2. The molecule has 0 bridgehead atoms. The largest absolute Gasteiger partial charge is 0.507 e. The van der Waals surface area contributed by atoms with Crippen molar-refractivity contribution in [2.24, 2.45) is 17.8 Å². The normalized spacial score (nSPS) is 25.0. The smallest absolute Gasteiger partial charge is 0.305 e. The van der Waals surface area contributed by atoms with Crippen molar-refractivity contribution in [2.75, 3.05) is 6.54 Å².